The van der Waals surface area contributed by atoms with Gasteiger partial charge < -0.3 is 9.13 Å². The Balaban J connectivity index is 1.33. The van der Waals surface area contributed by atoms with Gasteiger partial charge in [0.15, 0.2) is 0 Å². The first-order valence-corrected chi connectivity index (χ1v) is 16.3. The van der Waals surface area contributed by atoms with E-state index in [9.17, 15) is 15.8 Å². The average Bonchev–Trinajstić information content (AvgIpc) is 3.70. The van der Waals surface area contributed by atoms with Crippen LogP contribution < -0.4 is 0 Å². The number of para-hydroxylation sites is 3. The molecule has 0 N–H and O–H groups in total. The van der Waals surface area contributed by atoms with Crippen LogP contribution in [0.1, 0.15) is 16.7 Å². The minimum Gasteiger partial charge on any atom is -0.309 e. The molecule has 5 nitrogen and oxygen atoms in total. The van der Waals surface area contributed by atoms with Crippen molar-refractivity contribution in [3.8, 4) is 51.8 Å². The van der Waals surface area contributed by atoms with E-state index in [0.717, 1.165) is 77.2 Å². The molecule has 0 bridgehead atoms. The minimum atomic E-state index is 0.536. The van der Waals surface area contributed by atoms with Crippen LogP contribution in [0.5, 0.6) is 0 Å². The number of rotatable bonds is 4. The molecule has 0 saturated carbocycles. The summed E-state index contributed by atoms with van der Waals surface area (Å²) in [6, 6.07) is 57.7. The summed E-state index contributed by atoms with van der Waals surface area (Å²) in [6.07, 6.45) is 0. The number of fused-ring (bicyclic) bond motifs is 6. The summed E-state index contributed by atoms with van der Waals surface area (Å²) >= 11 is 0. The lowest BCUT2D eigenvalue weighted by Crippen LogP contribution is -2.01. The third-order valence-corrected chi connectivity index (χ3v) is 9.60. The second-order valence-electron chi connectivity index (χ2n) is 12.3. The highest BCUT2D eigenvalue weighted by molar-refractivity contribution is 6.11. The molecule has 0 aliphatic heterocycles. The summed E-state index contributed by atoms with van der Waals surface area (Å²) in [4.78, 5) is 0. The van der Waals surface area contributed by atoms with E-state index < -0.39 is 0 Å². The van der Waals surface area contributed by atoms with Crippen molar-refractivity contribution in [1.29, 1.82) is 15.8 Å². The Bertz CT molecular complexity index is 2920. The van der Waals surface area contributed by atoms with Gasteiger partial charge in [-0.05, 0) is 83.4 Å². The lowest BCUT2D eigenvalue weighted by Gasteiger charge is -2.19. The molecule has 2 heterocycles. The number of benzene rings is 7. The summed E-state index contributed by atoms with van der Waals surface area (Å²) in [5.41, 5.74) is 10.9. The van der Waals surface area contributed by atoms with Gasteiger partial charge in [0.05, 0.1) is 62.7 Å². The third-order valence-electron chi connectivity index (χ3n) is 9.60. The van der Waals surface area contributed by atoms with Crippen molar-refractivity contribution in [3.05, 3.63) is 168 Å². The molecule has 0 amide bonds. The Morgan fingerprint density at radius 2 is 0.980 bits per heavy atom. The molecule has 0 aliphatic rings. The summed E-state index contributed by atoms with van der Waals surface area (Å²) in [5, 5.41) is 34.9. The van der Waals surface area contributed by atoms with Crippen molar-refractivity contribution in [3.63, 3.8) is 0 Å². The molecule has 9 aromatic rings. The normalized spacial score (nSPS) is 11.1. The van der Waals surface area contributed by atoms with Gasteiger partial charge >= 0.3 is 0 Å². The highest BCUT2D eigenvalue weighted by Crippen LogP contribution is 2.42. The fraction of sp³-hybridized carbons (Fsp3) is 0. The summed E-state index contributed by atoms with van der Waals surface area (Å²) in [7, 11) is 0. The van der Waals surface area contributed by atoms with E-state index in [2.05, 4.69) is 94.1 Å². The average molecular weight is 636 g/mol. The van der Waals surface area contributed by atoms with E-state index in [-0.39, 0.29) is 0 Å². The third kappa shape index (κ3) is 4.31. The lowest BCUT2D eigenvalue weighted by atomic mass is 9.90. The number of nitrogens with zero attached hydrogens (tertiary/aromatic N) is 5. The fourth-order valence-electron chi connectivity index (χ4n) is 7.52. The van der Waals surface area contributed by atoms with Gasteiger partial charge in [-0.2, -0.15) is 15.8 Å². The molecule has 5 heteroatoms. The molecule has 7 aromatic carbocycles. The molecule has 2 aromatic heterocycles. The molecule has 230 valence electrons. The summed E-state index contributed by atoms with van der Waals surface area (Å²) in [5.74, 6) is 0. The predicted molar refractivity (Wildman–Crippen MR) is 200 cm³/mol. The predicted octanol–water partition coefficient (Wildman–Crippen LogP) is 10.8. The molecule has 0 atom stereocenters. The first-order chi connectivity index (χ1) is 24.7. The molecule has 0 spiro atoms. The van der Waals surface area contributed by atoms with Crippen molar-refractivity contribution in [2.75, 3.05) is 0 Å². The number of hydrogen-bond acceptors (Lipinski definition) is 3. The zero-order valence-corrected chi connectivity index (χ0v) is 26.7. The molecule has 0 unspecified atom stereocenters. The van der Waals surface area contributed by atoms with Gasteiger partial charge in [0.1, 0.15) is 0 Å². The van der Waals surface area contributed by atoms with Gasteiger partial charge in [-0.25, -0.2) is 0 Å². The Hall–Kier alpha value is -7.39. The van der Waals surface area contributed by atoms with Crippen LogP contribution in [0.4, 0.5) is 0 Å². The maximum absolute atomic E-state index is 10.6. The maximum Gasteiger partial charge on any atom is 0.0998 e. The SMILES string of the molecule is N#Cc1cc(-c2ccccc2-c2c(C#N)cccc2-n2c3ccccc3c3cc(C#N)ccc32)cc(-n2c3ccccc3c3ccccc32)c1. The largest absolute Gasteiger partial charge is 0.309 e. The van der Waals surface area contributed by atoms with Crippen LogP contribution in [0.15, 0.2) is 152 Å². The highest BCUT2D eigenvalue weighted by atomic mass is 15.0. The Labute approximate surface area is 287 Å². The molecule has 0 saturated heterocycles. The van der Waals surface area contributed by atoms with Crippen molar-refractivity contribution < 1.29 is 0 Å². The molecular formula is C45H25N5. The first-order valence-electron chi connectivity index (χ1n) is 16.3. The fourth-order valence-corrected chi connectivity index (χ4v) is 7.52. The van der Waals surface area contributed by atoms with Gasteiger partial charge in [-0.3, -0.25) is 0 Å². The van der Waals surface area contributed by atoms with Gasteiger partial charge in [0.25, 0.3) is 0 Å². The van der Waals surface area contributed by atoms with E-state index in [1.807, 2.05) is 84.9 Å². The van der Waals surface area contributed by atoms with Gasteiger partial charge in [-0.1, -0.05) is 84.9 Å². The van der Waals surface area contributed by atoms with Crippen LogP contribution in [-0.2, 0) is 0 Å². The van der Waals surface area contributed by atoms with Crippen LogP contribution >= 0.6 is 0 Å². The summed E-state index contributed by atoms with van der Waals surface area (Å²) in [6.45, 7) is 0. The zero-order valence-electron chi connectivity index (χ0n) is 26.7. The number of aromatic nitrogens is 2. The van der Waals surface area contributed by atoms with Gasteiger partial charge in [-0.15, -0.1) is 0 Å². The minimum absolute atomic E-state index is 0.536. The van der Waals surface area contributed by atoms with Crippen molar-refractivity contribution in [2.24, 2.45) is 0 Å². The standard InChI is InChI=1S/C45H25N5/c46-26-29-20-21-43-39(24-29)37-14-5-8-18-42(37)50(43)44-19-9-10-31(28-48)45(44)38-15-2-1-11-34(38)32-22-30(27-47)23-33(25-32)49-40-16-6-3-12-35(40)36-13-4-7-17-41(36)49/h1-25H. The van der Waals surface area contributed by atoms with Gasteiger partial charge in [0.2, 0.25) is 0 Å². The Morgan fingerprint density at radius 1 is 0.400 bits per heavy atom. The Kier molecular flexibility index (Phi) is 6.56. The number of hydrogen-bond donors (Lipinski definition) is 0. The van der Waals surface area contributed by atoms with E-state index >= 15 is 0 Å². The highest BCUT2D eigenvalue weighted by Gasteiger charge is 2.21. The quantitative estimate of drug-likeness (QED) is 0.193. The molecular weight excluding hydrogens is 611 g/mol. The van der Waals surface area contributed by atoms with Crippen LogP contribution in [0, 0.1) is 34.0 Å². The molecule has 9 rings (SSSR count). The van der Waals surface area contributed by atoms with Crippen LogP contribution in [0.2, 0.25) is 0 Å². The lowest BCUT2D eigenvalue weighted by molar-refractivity contribution is 1.17. The van der Waals surface area contributed by atoms with E-state index in [1.54, 1.807) is 0 Å². The van der Waals surface area contributed by atoms with E-state index in [0.29, 0.717) is 16.7 Å². The van der Waals surface area contributed by atoms with Crippen LogP contribution in [-0.4, -0.2) is 9.13 Å². The van der Waals surface area contributed by atoms with Crippen LogP contribution in [0.3, 0.4) is 0 Å². The molecule has 0 radical (unpaired) electrons. The topological polar surface area (TPSA) is 81.2 Å². The zero-order chi connectivity index (χ0) is 33.8. The van der Waals surface area contributed by atoms with Crippen LogP contribution in [0.25, 0.3) is 77.2 Å². The smallest absolute Gasteiger partial charge is 0.0998 e. The van der Waals surface area contributed by atoms with Crippen molar-refractivity contribution in [2.45, 2.75) is 0 Å². The monoisotopic (exact) mass is 635 g/mol. The second-order valence-corrected chi connectivity index (χ2v) is 12.3. The van der Waals surface area contributed by atoms with E-state index in [4.69, 9.17) is 0 Å². The second kappa shape index (κ2) is 11.4. The first kappa shape index (κ1) is 28.8. The van der Waals surface area contributed by atoms with Crippen molar-refractivity contribution in [1.82, 2.24) is 9.13 Å². The molecule has 0 aliphatic carbocycles. The molecule has 50 heavy (non-hydrogen) atoms. The molecule has 0 fully saturated rings. The number of nitriles is 3. The van der Waals surface area contributed by atoms with Gasteiger partial charge in [0, 0.05) is 32.8 Å². The summed E-state index contributed by atoms with van der Waals surface area (Å²) < 4.78 is 4.41. The van der Waals surface area contributed by atoms with E-state index in [1.165, 1.54) is 0 Å². The Morgan fingerprint density at radius 3 is 1.64 bits per heavy atom. The maximum atomic E-state index is 10.6. The van der Waals surface area contributed by atoms with Crippen molar-refractivity contribution >= 4 is 43.6 Å².